The first kappa shape index (κ1) is 15.0. The van der Waals surface area contributed by atoms with Crippen LogP contribution < -0.4 is 5.32 Å². The Morgan fingerprint density at radius 2 is 1.85 bits per heavy atom. The number of piperidine rings is 1. The summed E-state index contributed by atoms with van der Waals surface area (Å²) < 4.78 is 0. The van der Waals surface area contributed by atoms with Gasteiger partial charge in [-0.3, -0.25) is 19.8 Å². The minimum absolute atomic E-state index is 0.173. The van der Waals surface area contributed by atoms with Crippen LogP contribution in [0, 0.1) is 0 Å². The van der Waals surface area contributed by atoms with Crippen LogP contribution >= 0.6 is 11.6 Å². The fraction of sp³-hybridized carbons (Fsp3) is 0.429. The van der Waals surface area contributed by atoms with Gasteiger partial charge in [0.1, 0.15) is 0 Å². The van der Waals surface area contributed by atoms with Crippen LogP contribution in [0.1, 0.15) is 23.2 Å². The normalized spacial score (nSPS) is 16.9. The molecule has 2 rings (SSSR count). The van der Waals surface area contributed by atoms with E-state index < -0.39 is 5.91 Å². The monoisotopic (exact) mass is 296 g/mol. The van der Waals surface area contributed by atoms with E-state index in [-0.39, 0.29) is 18.6 Å². The molecule has 5 nitrogen and oxygen atoms in total. The van der Waals surface area contributed by atoms with E-state index in [1.54, 1.807) is 24.3 Å². The van der Waals surface area contributed by atoms with Crippen molar-refractivity contribution in [3.8, 4) is 0 Å². The lowest BCUT2D eigenvalue weighted by Gasteiger charge is -2.28. The third-order valence-corrected chi connectivity index (χ3v) is 3.54. The molecular weight excluding hydrogens is 280 g/mol. The van der Waals surface area contributed by atoms with Gasteiger partial charge >= 0.3 is 0 Å². The minimum Gasteiger partial charge on any atom is -0.393 e. The Balaban J connectivity index is 1.82. The number of carbonyl (C=O) groups is 2. The molecule has 2 amide bonds. The van der Waals surface area contributed by atoms with Crippen molar-refractivity contribution in [3.63, 3.8) is 0 Å². The summed E-state index contributed by atoms with van der Waals surface area (Å²) in [7, 11) is 0. The van der Waals surface area contributed by atoms with E-state index in [4.69, 9.17) is 11.6 Å². The van der Waals surface area contributed by atoms with E-state index in [2.05, 4.69) is 5.32 Å². The second kappa shape index (κ2) is 6.83. The van der Waals surface area contributed by atoms with Gasteiger partial charge in [-0.05, 0) is 37.1 Å². The van der Waals surface area contributed by atoms with Crippen LogP contribution in [0.2, 0.25) is 5.02 Å². The highest BCUT2D eigenvalue weighted by Gasteiger charge is 2.20. The van der Waals surface area contributed by atoms with E-state index in [1.807, 2.05) is 4.90 Å². The van der Waals surface area contributed by atoms with Crippen LogP contribution in [0.15, 0.2) is 24.3 Å². The standard InChI is InChI=1S/C14H17ClN2O3/c15-11-3-1-10(2-4-11)14(20)16-13(19)9-17-7-5-12(18)6-8-17/h1-4,12,18H,5-9H2,(H,16,19,20). The Bertz CT molecular complexity index is 482. The van der Waals surface area contributed by atoms with Gasteiger partial charge in [0.2, 0.25) is 5.91 Å². The summed E-state index contributed by atoms with van der Waals surface area (Å²) in [5, 5.41) is 12.3. The molecule has 108 valence electrons. The van der Waals surface area contributed by atoms with Gasteiger partial charge in [-0.25, -0.2) is 0 Å². The third kappa shape index (κ3) is 4.30. The average molecular weight is 297 g/mol. The quantitative estimate of drug-likeness (QED) is 0.875. The maximum Gasteiger partial charge on any atom is 0.257 e. The smallest absolute Gasteiger partial charge is 0.257 e. The number of aliphatic hydroxyl groups excluding tert-OH is 1. The maximum absolute atomic E-state index is 11.8. The summed E-state index contributed by atoms with van der Waals surface area (Å²) in [5.41, 5.74) is 0.400. The van der Waals surface area contributed by atoms with Crippen LogP contribution in [0.5, 0.6) is 0 Å². The summed E-state index contributed by atoms with van der Waals surface area (Å²) in [6.07, 6.45) is 1.06. The molecule has 1 fully saturated rings. The van der Waals surface area contributed by atoms with Crippen molar-refractivity contribution in [1.82, 2.24) is 10.2 Å². The number of imide groups is 1. The van der Waals surface area contributed by atoms with Gasteiger partial charge in [0.25, 0.3) is 5.91 Å². The van der Waals surface area contributed by atoms with Crippen molar-refractivity contribution in [2.24, 2.45) is 0 Å². The van der Waals surface area contributed by atoms with E-state index in [0.717, 1.165) is 0 Å². The second-order valence-corrected chi connectivity index (χ2v) is 5.33. The lowest BCUT2D eigenvalue weighted by molar-refractivity contribution is -0.121. The fourth-order valence-corrected chi connectivity index (χ4v) is 2.25. The Morgan fingerprint density at radius 1 is 1.25 bits per heavy atom. The molecule has 1 aromatic carbocycles. The molecule has 0 aliphatic carbocycles. The SMILES string of the molecule is O=C(CN1CCC(O)CC1)NC(=O)c1ccc(Cl)cc1. The predicted octanol–water partition coefficient (Wildman–Crippen LogP) is 1.05. The number of nitrogens with one attached hydrogen (secondary N) is 1. The summed E-state index contributed by atoms with van der Waals surface area (Å²) in [5.74, 6) is -0.759. The summed E-state index contributed by atoms with van der Waals surface area (Å²) in [4.78, 5) is 25.5. The maximum atomic E-state index is 11.8. The molecule has 0 saturated carbocycles. The number of hydrogen-bond acceptors (Lipinski definition) is 4. The van der Waals surface area contributed by atoms with Gasteiger partial charge in [-0.2, -0.15) is 0 Å². The van der Waals surface area contributed by atoms with Crippen molar-refractivity contribution in [2.45, 2.75) is 18.9 Å². The number of nitrogens with zero attached hydrogens (tertiary/aromatic N) is 1. The number of rotatable bonds is 3. The number of likely N-dealkylation sites (tertiary alicyclic amines) is 1. The van der Waals surface area contributed by atoms with E-state index in [0.29, 0.717) is 36.5 Å². The molecule has 0 unspecified atom stereocenters. The number of aliphatic hydroxyl groups is 1. The highest BCUT2D eigenvalue weighted by molar-refractivity contribution is 6.30. The third-order valence-electron chi connectivity index (χ3n) is 3.28. The van der Waals surface area contributed by atoms with Crippen molar-refractivity contribution in [1.29, 1.82) is 0 Å². The molecule has 1 saturated heterocycles. The van der Waals surface area contributed by atoms with Gasteiger partial charge in [-0.1, -0.05) is 11.6 Å². The van der Waals surface area contributed by atoms with Gasteiger partial charge in [0.15, 0.2) is 0 Å². The zero-order valence-electron chi connectivity index (χ0n) is 11.0. The molecule has 0 bridgehead atoms. The van der Waals surface area contributed by atoms with E-state index in [1.165, 1.54) is 0 Å². The van der Waals surface area contributed by atoms with Gasteiger partial charge in [0, 0.05) is 23.7 Å². The molecule has 0 radical (unpaired) electrons. The molecule has 2 N–H and O–H groups in total. The average Bonchev–Trinajstić information content (AvgIpc) is 2.42. The Morgan fingerprint density at radius 3 is 2.45 bits per heavy atom. The van der Waals surface area contributed by atoms with Crippen molar-refractivity contribution in [3.05, 3.63) is 34.9 Å². The van der Waals surface area contributed by atoms with Crippen LogP contribution in [0.25, 0.3) is 0 Å². The van der Waals surface area contributed by atoms with Crippen molar-refractivity contribution < 1.29 is 14.7 Å². The summed E-state index contributed by atoms with van der Waals surface area (Å²) in [6, 6.07) is 6.35. The Kier molecular flexibility index (Phi) is 5.11. The molecule has 20 heavy (non-hydrogen) atoms. The van der Waals surface area contributed by atoms with Crippen LogP contribution in [-0.2, 0) is 4.79 Å². The molecule has 1 heterocycles. The summed E-state index contributed by atoms with van der Waals surface area (Å²) in [6.45, 7) is 1.51. The summed E-state index contributed by atoms with van der Waals surface area (Å²) >= 11 is 5.74. The van der Waals surface area contributed by atoms with Crippen LogP contribution in [0.4, 0.5) is 0 Å². The fourth-order valence-electron chi connectivity index (χ4n) is 2.12. The van der Waals surface area contributed by atoms with Gasteiger partial charge in [0.05, 0.1) is 12.6 Å². The Labute approximate surface area is 122 Å². The molecule has 1 aromatic rings. The predicted molar refractivity (Wildman–Crippen MR) is 75.6 cm³/mol. The topological polar surface area (TPSA) is 69.6 Å². The number of amides is 2. The van der Waals surface area contributed by atoms with Crippen molar-refractivity contribution >= 4 is 23.4 Å². The molecular formula is C14H17ClN2O3. The molecule has 0 atom stereocenters. The zero-order valence-corrected chi connectivity index (χ0v) is 11.8. The molecule has 0 spiro atoms. The molecule has 1 aliphatic rings. The van der Waals surface area contributed by atoms with Crippen molar-refractivity contribution in [2.75, 3.05) is 19.6 Å². The highest BCUT2D eigenvalue weighted by Crippen LogP contribution is 2.10. The van der Waals surface area contributed by atoms with Crippen LogP contribution in [0.3, 0.4) is 0 Å². The molecule has 6 heteroatoms. The van der Waals surface area contributed by atoms with Crippen LogP contribution in [-0.4, -0.2) is 47.6 Å². The molecule has 1 aliphatic heterocycles. The first-order valence-corrected chi connectivity index (χ1v) is 6.92. The van der Waals surface area contributed by atoms with Gasteiger partial charge in [-0.15, -0.1) is 0 Å². The first-order chi connectivity index (χ1) is 9.54. The minimum atomic E-state index is -0.427. The lowest BCUT2D eigenvalue weighted by atomic mass is 10.1. The van der Waals surface area contributed by atoms with Gasteiger partial charge < -0.3 is 5.11 Å². The molecule has 0 aromatic heterocycles. The zero-order chi connectivity index (χ0) is 14.5. The number of carbonyl (C=O) groups excluding carboxylic acids is 2. The highest BCUT2D eigenvalue weighted by atomic mass is 35.5. The number of halogens is 1. The largest absolute Gasteiger partial charge is 0.393 e. The Hall–Kier alpha value is -1.43. The number of benzene rings is 1. The van der Waals surface area contributed by atoms with E-state index in [9.17, 15) is 14.7 Å². The lowest BCUT2D eigenvalue weighted by Crippen LogP contribution is -2.44. The number of hydrogen-bond donors (Lipinski definition) is 2. The second-order valence-electron chi connectivity index (χ2n) is 4.89. The van der Waals surface area contributed by atoms with E-state index >= 15 is 0 Å². The first-order valence-electron chi connectivity index (χ1n) is 6.55.